The summed E-state index contributed by atoms with van der Waals surface area (Å²) in [7, 11) is 1.59. The van der Waals surface area contributed by atoms with Crippen molar-refractivity contribution in [3.05, 3.63) is 30.1 Å². The predicted octanol–water partition coefficient (Wildman–Crippen LogP) is 2.71. The molecule has 0 bridgehead atoms. The van der Waals surface area contributed by atoms with E-state index in [9.17, 15) is 4.79 Å². The van der Waals surface area contributed by atoms with Gasteiger partial charge in [-0.3, -0.25) is 4.79 Å². The van der Waals surface area contributed by atoms with Crippen LogP contribution in [0.1, 0.15) is 50.4 Å². The predicted molar refractivity (Wildman–Crippen MR) is 93.8 cm³/mol. The van der Waals surface area contributed by atoms with Crippen LogP contribution in [-0.2, 0) is 0 Å². The quantitative estimate of drug-likeness (QED) is 0.853. The maximum atomic E-state index is 13.1. The molecule has 0 spiro atoms. The van der Waals surface area contributed by atoms with E-state index in [0.717, 1.165) is 25.8 Å². The third-order valence-electron chi connectivity index (χ3n) is 4.51. The summed E-state index contributed by atoms with van der Waals surface area (Å²) in [5.41, 5.74) is 1.49. The first kappa shape index (κ1) is 17.4. The molecule has 1 amide bonds. The number of likely N-dealkylation sites (tertiary alicyclic amines) is 1. The van der Waals surface area contributed by atoms with E-state index in [4.69, 9.17) is 4.74 Å². The van der Waals surface area contributed by atoms with Crippen LogP contribution >= 0.6 is 0 Å². The molecule has 0 radical (unpaired) electrons. The van der Waals surface area contributed by atoms with E-state index in [1.165, 1.54) is 11.0 Å². The highest BCUT2D eigenvalue weighted by Gasteiger charge is 2.32. The fourth-order valence-electron chi connectivity index (χ4n) is 3.46. The van der Waals surface area contributed by atoms with Crippen molar-refractivity contribution in [2.24, 2.45) is 5.41 Å². The molecule has 25 heavy (non-hydrogen) atoms. The van der Waals surface area contributed by atoms with Crippen molar-refractivity contribution >= 4 is 5.91 Å². The second kappa shape index (κ2) is 6.82. The van der Waals surface area contributed by atoms with Crippen LogP contribution in [0.25, 0.3) is 5.69 Å². The number of carbonyl (C=O) groups excluding carboxylic acids is 1. The van der Waals surface area contributed by atoms with Gasteiger partial charge in [-0.2, -0.15) is 4.68 Å². The highest BCUT2D eigenvalue weighted by molar-refractivity contribution is 5.95. The third-order valence-corrected chi connectivity index (χ3v) is 4.51. The van der Waals surface area contributed by atoms with Crippen molar-refractivity contribution in [1.29, 1.82) is 0 Å². The Bertz CT molecular complexity index is 736. The molecule has 134 valence electrons. The zero-order chi connectivity index (χ0) is 18.0. The Kier molecular flexibility index (Phi) is 4.74. The maximum Gasteiger partial charge on any atom is 0.254 e. The van der Waals surface area contributed by atoms with Crippen molar-refractivity contribution in [2.75, 3.05) is 13.7 Å². The standard InChI is InChI=1S/C18H25N5O2/c1-18(2,3)11-14-6-5-9-22(14)17(24)13-7-8-16(25-4)15(10-13)23-12-19-20-21-23/h7-8,10,12,14H,5-6,9,11H2,1-4H3. The monoisotopic (exact) mass is 343 g/mol. The molecule has 1 atom stereocenters. The molecule has 7 heteroatoms. The van der Waals surface area contributed by atoms with Crippen molar-refractivity contribution in [2.45, 2.75) is 46.1 Å². The van der Waals surface area contributed by atoms with Crippen LogP contribution < -0.4 is 4.74 Å². The Hall–Kier alpha value is -2.44. The van der Waals surface area contributed by atoms with Gasteiger partial charge in [0.2, 0.25) is 0 Å². The number of rotatable bonds is 4. The number of carbonyl (C=O) groups is 1. The average Bonchev–Trinajstić information content (AvgIpc) is 3.23. The molecule has 2 aromatic rings. The first-order chi connectivity index (χ1) is 11.9. The van der Waals surface area contributed by atoms with Crippen LogP contribution in [0, 0.1) is 5.41 Å². The van der Waals surface area contributed by atoms with Gasteiger partial charge in [-0.05, 0) is 53.3 Å². The first-order valence-electron chi connectivity index (χ1n) is 8.61. The lowest BCUT2D eigenvalue weighted by Crippen LogP contribution is -2.37. The van der Waals surface area contributed by atoms with Gasteiger partial charge in [0.15, 0.2) is 0 Å². The highest BCUT2D eigenvalue weighted by atomic mass is 16.5. The fourth-order valence-corrected chi connectivity index (χ4v) is 3.46. The number of benzene rings is 1. The van der Waals surface area contributed by atoms with E-state index in [0.29, 0.717) is 23.0 Å². The lowest BCUT2D eigenvalue weighted by atomic mass is 9.87. The van der Waals surface area contributed by atoms with Gasteiger partial charge in [-0.15, -0.1) is 5.10 Å². The van der Waals surface area contributed by atoms with Crippen LogP contribution in [-0.4, -0.2) is 50.7 Å². The fraction of sp³-hybridized carbons (Fsp3) is 0.556. The highest BCUT2D eigenvalue weighted by Crippen LogP contribution is 2.31. The van der Waals surface area contributed by atoms with Gasteiger partial charge in [-0.1, -0.05) is 20.8 Å². The van der Waals surface area contributed by atoms with Crippen molar-refractivity contribution in [3.63, 3.8) is 0 Å². The summed E-state index contributed by atoms with van der Waals surface area (Å²) >= 11 is 0. The van der Waals surface area contributed by atoms with Crippen LogP contribution in [0.4, 0.5) is 0 Å². The minimum atomic E-state index is 0.0590. The van der Waals surface area contributed by atoms with E-state index in [1.54, 1.807) is 19.2 Å². The number of hydrogen-bond donors (Lipinski definition) is 0. The number of ether oxygens (including phenoxy) is 1. The number of hydrogen-bond acceptors (Lipinski definition) is 5. The lowest BCUT2D eigenvalue weighted by Gasteiger charge is -2.30. The van der Waals surface area contributed by atoms with Crippen molar-refractivity contribution in [1.82, 2.24) is 25.1 Å². The number of methoxy groups -OCH3 is 1. The molecule has 2 heterocycles. The second-order valence-electron chi connectivity index (χ2n) is 7.70. The van der Waals surface area contributed by atoms with Crippen molar-refractivity contribution in [3.8, 4) is 11.4 Å². The molecule has 7 nitrogen and oxygen atoms in total. The third kappa shape index (κ3) is 3.81. The number of amides is 1. The van der Waals surface area contributed by atoms with Crippen molar-refractivity contribution < 1.29 is 9.53 Å². The summed E-state index contributed by atoms with van der Waals surface area (Å²) in [6.45, 7) is 7.47. The normalized spacial score (nSPS) is 17.8. The molecule has 1 aliphatic heterocycles. The summed E-state index contributed by atoms with van der Waals surface area (Å²) in [5.74, 6) is 0.681. The SMILES string of the molecule is COc1ccc(C(=O)N2CCCC2CC(C)(C)C)cc1-n1cnnn1. The topological polar surface area (TPSA) is 73.1 Å². The van der Waals surface area contributed by atoms with E-state index < -0.39 is 0 Å². The Morgan fingerprint density at radius 1 is 1.36 bits per heavy atom. The Morgan fingerprint density at radius 3 is 2.80 bits per heavy atom. The van der Waals surface area contributed by atoms with Crippen LogP contribution in [0.15, 0.2) is 24.5 Å². The minimum Gasteiger partial charge on any atom is -0.494 e. The second-order valence-corrected chi connectivity index (χ2v) is 7.70. The minimum absolute atomic E-state index is 0.0590. The molecule has 3 rings (SSSR count). The number of aromatic nitrogens is 4. The van der Waals surface area contributed by atoms with Gasteiger partial charge in [0.1, 0.15) is 17.8 Å². The molecule has 1 aromatic heterocycles. The van der Waals surface area contributed by atoms with E-state index in [2.05, 4.69) is 36.3 Å². The smallest absolute Gasteiger partial charge is 0.254 e. The van der Waals surface area contributed by atoms with Gasteiger partial charge in [0.25, 0.3) is 5.91 Å². The van der Waals surface area contributed by atoms with E-state index in [1.807, 2.05) is 11.0 Å². The van der Waals surface area contributed by atoms with Gasteiger partial charge in [0.05, 0.1) is 7.11 Å². The van der Waals surface area contributed by atoms with Crippen LogP contribution in [0.5, 0.6) is 5.75 Å². The molecule has 1 aromatic carbocycles. The van der Waals surface area contributed by atoms with Gasteiger partial charge in [-0.25, -0.2) is 0 Å². The van der Waals surface area contributed by atoms with Gasteiger partial charge in [0, 0.05) is 18.2 Å². The number of tetrazole rings is 1. The van der Waals surface area contributed by atoms with E-state index in [-0.39, 0.29) is 11.3 Å². The summed E-state index contributed by atoms with van der Waals surface area (Å²) in [6.07, 6.45) is 4.63. The molecule has 0 aliphatic carbocycles. The van der Waals surface area contributed by atoms with Crippen LogP contribution in [0.3, 0.4) is 0 Å². The van der Waals surface area contributed by atoms with E-state index >= 15 is 0 Å². The van der Waals surface area contributed by atoms with Crippen LogP contribution in [0.2, 0.25) is 0 Å². The van der Waals surface area contributed by atoms with Gasteiger partial charge >= 0.3 is 0 Å². The maximum absolute atomic E-state index is 13.1. The Morgan fingerprint density at radius 2 is 2.16 bits per heavy atom. The zero-order valence-corrected chi connectivity index (χ0v) is 15.3. The molecular weight excluding hydrogens is 318 g/mol. The molecule has 0 saturated carbocycles. The Balaban J connectivity index is 1.88. The summed E-state index contributed by atoms with van der Waals surface area (Å²) in [6, 6.07) is 5.69. The summed E-state index contributed by atoms with van der Waals surface area (Å²) in [4.78, 5) is 15.1. The average molecular weight is 343 g/mol. The molecule has 1 unspecified atom stereocenters. The molecule has 1 aliphatic rings. The summed E-state index contributed by atoms with van der Waals surface area (Å²) in [5, 5.41) is 11.2. The largest absolute Gasteiger partial charge is 0.494 e. The lowest BCUT2D eigenvalue weighted by molar-refractivity contribution is 0.0704. The number of nitrogens with zero attached hydrogens (tertiary/aromatic N) is 5. The molecule has 1 saturated heterocycles. The van der Waals surface area contributed by atoms with Gasteiger partial charge < -0.3 is 9.64 Å². The molecule has 1 fully saturated rings. The molecule has 0 N–H and O–H groups in total. The molecular formula is C18H25N5O2. The first-order valence-corrected chi connectivity index (χ1v) is 8.61. The Labute approximate surface area is 148 Å². The summed E-state index contributed by atoms with van der Waals surface area (Å²) < 4.78 is 6.88. The zero-order valence-electron chi connectivity index (χ0n) is 15.3.